The molecule has 0 spiro atoms. The summed E-state index contributed by atoms with van der Waals surface area (Å²) in [4.78, 5) is 10.9. The summed E-state index contributed by atoms with van der Waals surface area (Å²) in [5.74, 6) is -1.52. The Hall–Kier alpha value is -0.650. The standard InChI is InChI=1S/C8H14O5/c1-8(12-3-4-13-8)5-6(9)7(10)11-2/h6,9H,3-5H2,1-2H3. The summed E-state index contributed by atoms with van der Waals surface area (Å²) in [6, 6.07) is 0. The van der Waals surface area contributed by atoms with Gasteiger partial charge in [-0.25, -0.2) is 4.79 Å². The van der Waals surface area contributed by atoms with E-state index < -0.39 is 17.9 Å². The minimum absolute atomic E-state index is 0.0969. The maximum Gasteiger partial charge on any atom is 0.334 e. The summed E-state index contributed by atoms with van der Waals surface area (Å²) in [6.45, 7) is 2.67. The molecule has 0 radical (unpaired) electrons. The lowest BCUT2D eigenvalue weighted by atomic mass is 10.1. The maximum atomic E-state index is 10.9. The molecule has 76 valence electrons. The molecule has 13 heavy (non-hydrogen) atoms. The van der Waals surface area contributed by atoms with Crippen LogP contribution in [0.1, 0.15) is 13.3 Å². The molecule has 1 aliphatic heterocycles. The molecule has 1 unspecified atom stereocenters. The number of esters is 1. The third-order valence-corrected chi connectivity index (χ3v) is 1.94. The van der Waals surface area contributed by atoms with Crippen LogP contribution in [0, 0.1) is 0 Å². The Morgan fingerprint density at radius 2 is 2.15 bits per heavy atom. The van der Waals surface area contributed by atoms with Crippen LogP contribution in [-0.2, 0) is 19.0 Å². The van der Waals surface area contributed by atoms with E-state index in [0.29, 0.717) is 13.2 Å². The largest absolute Gasteiger partial charge is 0.467 e. The number of carbonyl (C=O) groups is 1. The molecule has 0 saturated carbocycles. The highest BCUT2D eigenvalue weighted by molar-refractivity contribution is 5.74. The van der Waals surface area contributed by atoms with Gasteiger partial charge in [0.2, 0.25) is 0 Å². The van der Waals surface area contributed by atoms with Crippen LogP contribution in [-0.4, -0.2) is 43.3 Å². The lowest BCUT2D eigenvalue weighted by Gasteiger charge is -2.23. The van der Waals surface area contributed by atoms with E-state index in [-0.39, 0.29) is 6.42 Å². The second-order valence-corrected chi connectivity index (χ2v) is 3.07. The molecular formula is C8H14O5. The van der Waals surface area contributed by atoms with Gasteiger partial charge in [0, 0.05) is 6.42 Å². The Bertz CT molecular complexity index is 185. The zero-order valence-corrected chi connectivity index (χ0v) is 7.78. The van der Waals surface area contributed by atoms with Gasteiger partial charge in [-0.2, -0.15) is 0 Å². The molecule has 1 saturated heterocycles. The molecule has 0 amide bonds. The minimum atomic E-state index is -1.19. The Balaban J connectivity index is 2.42. The van der Waals surface area contributed by atoms with Crippen LogP contribution in [0.15, 0.2) is 0 Å². The first kappa shape index (κ1) is 10.4. The average molecular weight is 190 g/mol. The van der Waals surface area contributed by atoms with Gasteiger partial charge in [0.1, 0.15) is 0 Å². The van der Waals surface area contributed by atoms with Crippen LogP contribution in [0.5, 0.6) is 0 Å². The predicted octanol–water partition coefficient (Wildman–Crippen LogP) is -0.327. The molecule has 1 aliphatic rings. The SMILES string of the molecule is COC(=O)C(O)CC1(C)OCCO1. The molecule has 5 nitrogen and oxygen atoms in total. The summed E-state index contributed by atoms with van der Waals surface area (Å²) >= 11 is 0. The lowest BCUT2D eigenvalue weighted by molar-refractivity contribution is -0.178. The number of rotatable bonds is 3. The number of carbonyl (C=O) groups excluding carboxylic acids is 1. The molecule has 1 atom stereocenters. The van der Waals surface area contributed by atoms with Gasteiger partial charge in [-0.1, -0.05) is 0 Å². The lowest BCUT2D eigenvalue weighted by Crippen LogP contribution is -2.35. The molecule has 1 heterocycles. The van der Waals surface area contributed by atoms with Crippen LogP contribution in [0.25, 0.3) is 0 Å². The highest BCUT2D eigenvalue weighted by atomic mass is 16.7. The second-order valence-electron chi connectivity index (χ2n) is 3.07. The van der Waals surface area contributed by atoms with Crippen molar-refractivity contribution in [3.05, 3.63) is 0 Å². The summed E-state index contributed by atoms with van der Waals surface area (Å²) in [7, 11) is 1.23. The Labute approximate surface area is 76.6 Å². The molecule has 5 heteroatoms. The quantitative estimate of drug-likeness (QED) is 0.617. The van der Waals surface area contributed by atoms with Crippen molar-refractivity contribution in [1.82, 2.24) is 0 Å². The normalized spacial score (nSPS) is 22.7. The van der Waals surface area contributed by atoms with Gasteiger partial charge in [-0.3, -0.25) is 0 Å². The predicted molar refractivity (Wildman–Crippen MR) is 42.9 cm³/mol. The summed E-state index contributed by atoms with van der Waals surface area (Å²) in [5, 5.41) is 9.31. The number of hydrogen-bond acceptors (Lipinski definition) is 5. The average Bonchev–Trinajstić information content (AvgIpc) is 2.50. The molecule has 1 rings (SSSR count). The van der Waals surface area contributed by atoms with E-state index in [4.69, 9.17) is 9.47 Å². The van der Waals surface area contributed by atoms with E-state index in [1.807, 2.05) is 0 Å². The number of ether oxygens (including phenoxy) is 3. The van der Waals surface area contributed by atoms with Crippen molar-refractivity contribution >= 4 is 5.97 Å². The molecule has 1 N–H and O–H groups in total. The van der Waals surface area contributed by atoms with Crippen molar-refractivity contribution in [3.8, 4) is 0 Å². The van der Waals surface area contributed by atoms with Crippen molar-refractivity contribution in [2.24, 2.45) is 0 Å². The molecule has 0 bridgehead atoms. The first-order valence-electron chi connectivity index (χ1n) is 4.11. The topological polar surface area (TPSA) is 65.0 Å². The number of methoxy groups -OCH3 is 1. The molecular weight excluding hydrogens is 176 g/mol. The van der Waals surface area contributed by atoms with Crippen molar-refractivity contribution in [2.75, 3.05) is 20.3 Å². The zero-order chi connectivity index (χ0) is 9.90. The third-order valence-electron chi connectivity index (χ3n) is 1.94. The fraction of sp³-hybridized carbons (Fsp3) is 0.875. The van der Waals surface area contributed by atoms with E-state index >= 15 is 0 Å². The van der Waals surface area contributed by atoms with Crippen LogP contribution in [0.4, 0.5) is 0 Å². The first-order valence-corrected chi connectivity index (χ1v) is 4.11. The maximum absolute atomic E-state index is 10.9. The summed E-state index contributed by atoms with van der Waals surface area (Å²) in [6.07, 6.45) is -1.09. The highest BCUT2D eigenvalue weighted by Crippen LogP contribution is 2.24. The monoisotopic (exact) mass is 190 g/mol. The number of aliphatic hydroxyl groups is 1. The van der Waals surface area contributed by atoms with Crippen LogP contribution < -0.4 is 0 Å². The van der Waals surface area contributed by atoms with E-state index in [9.17, 15) is 9.90 Å². The Morgan fingerprint density at radius 1 is 1.62 bits per heavy atom. The van der Waals surface area contributed by atoms with Crippen LogP contribution in [0.3, 0.4) is 0 Å². The van der Waals surface area contributed by atoms with Gasteiger partial charge >= 0.3 is 5.97 Å². The van der Waals surface area contributed by atoms with Gasteiger partial charge < -0.3 is 19.3 Å². The van der Waals surface area contributed by atoms with E-state index in [1.165, 1.54) is 7.11 Å². The summed E-state index contributed by atoms with van der Waals surface area (Å²) in [5.41, 5.74) is 0. The van der Waals surface area contributed by atoms with Gasteiger partial charge in [0.05, 0.1) is 20.3 Å². The number of aliphatic hydroxyl groups excluding tert-OH is 1. The van der Waals surface area contributed by atoms with Crippen LogP contribution >= 0.6 is 0 Å². The van der Waals surface area contributed by atoms with Gasteiger partial charge in [-0.15, -0.1) is 0 Å². The fourth-order valence-electron chi connectivity index (χ4n) is 1.25. The number of hydrogen-bond donors (Lipinski definition) is 1. The first-order chi connectivity index (χ1) is 6.07. The van der Waals surface area contributed by atoms with Crippen LogP contribution in [0.2, 0.25) is 0 Å². The zero-order valence-electron chi connectivity index (χ0n) is 7.78. The van der Waals surface area contributed by atoms with E-state index in [1.54, 1.807) is 6.92 Å². The second kappa shape index (κ2) is 4.04. The Kier molecular flexibility index (Phi) is 3.24. The molecule has 0 aromatic rings. The Morgan fingerprint density at radius 3 is 2.62 bits per heavy atom. The van der Waals surface area contributed by atoms with E-state index in [2.05, 4.69) is 4.74 Å². The van der Waals surface area contributed by atoms with Crippen molar-refractivity contribution < 1.29 is 24.1 Å². The molecule has 0 aliphatic carbocycles. The van der Waals surface area contributed by atoms with Gasteiger partial charge in [-0.05, 0) is 6.92 Å². The fourth-order valence-corrected chi connectivity index (χ4v) is 1.25. The van der Waals surface area contributed by atoms with E-state index in [0.717, 1.165) is 0 Å². The molecule has 1 fully saturated rings. The van der Waals surface area contributed by atoms with Crippen molar-refractivity contribution in [3.63, 3.8) is 0 Å². The van der Waals surface area contributed by atoms with Gasteiger partial charge in [0.15, 0.2) is 11.9 Å². The third kappa shape index (κ3) is 2.65. The van der Waals surface area contributed by atoms with Crippen molar-refractivity contribution in [2.45, 2.75) is 25.2 Å². The van der Waals surface area contributed by atoms with Crippen molar-refractivity contribution in [1.29, 1.82) is 0 Å². The smallest absolute Gasteiger partial charge is 0.334 e. The van der Waals surface area contributed by atoms with Gasteiger partial charge in [0.25, 0.3) is 0 Å². The minimum Gasteiger partial charge on any atom is -0.467 e. The summed E-state index contributed by atoms with van der Waals surface area (Å²) < 4.78 is 14.8. The molecule has 0 aromatic carbocycles. The molecule has 0 aromatic heterocycles. The highest BCUT2D eigenvalue weighted by Gasteiger charge is 2.35.